The molecule has 2 rings (SSSR count). The van der Waals surface area contributed by atoms with Gasteiger partial charge >= 0.3 is 0 Å². The van der Waals surface area contributed by atoms with Crippen LogP contribution in [0.3, 0.4) is 0 Å². The molecule has 2 N–H and O–H groups in total. The van der Waals surface area contributed by atoms with Crippen molar-refractivity contribution in [1.82, 2.24) is 20.4 Å². The van der Waals surface area contributed by atoms with Crippen LogP contribution in [0, 0.1) is 11.8 Å². The average molecular weight is 296 g/mol. The van der Waals surface area contributed by atoms with E-state index in [0.717, 1.165) is 39.1 Å². The first-order chi connectivity index (χ1) is 9.99. The molecule has 0 aliphatic carbocycles. The molecule has 2 amide bonds. The second-order valence-electron chi connectivity index (χ2n) is 6.54. The van der Waals surface area contributed by atoms with Gasteiger partial charge in [-0.1, -0.05) is 0 Å². The molecule has 0 aromatic rings. The van der Waals surface area contributed by atoms with Gasteiger partial charge in [-0.3, -0.25) is 14.5 Å². The quantitative estimate of drug-likeness (QED) is 0.665. The summed E-state index contributed by atoms with van der Waals surface area (Å²) in [7, 11) is 3.78. The van der Waals surface area contributed by atoms with E-state index < -0.39 is 0 Å². The van der Waals surface area contributed by atoms with Crippen molar-refractivity contribution in [2.75, 3.05) is 46.8 Å². The largest absolute Gasteiger partial charge is 0.359 e. The topological polar surface area (TPSA) is 64.7 Å². The number of rotatable bonds is 7. The number of likely N-dealkylation sites (tertiary alicyclic amines) is 2. The standard InChI is InChI=1S/C15H28N4O2/c1-11(19-9-13(10-19)15(21)16-2)4-5-14(20)17-6-12-7-18(3)8-12/h11-13H,4-10H2,1-3H3,(H,16,21)(H,17,20). The normalized spacial score (nSPS) is 22.2. The Balaban J connectivity index is 1.54. The van der Waals surface area contributed by atoms with Gasteiger partial charge in [-0.05, 0) is 20.4 Å². The lowest BCUT2D eigenvalue weighted by Crippen LogP contribution is -2.56. The van der Waals surface area contributed by atoms with Crippen LogP contribution in [-0.2, 0) is 9.59 Å². The van der Waals surface area contributed by atoms with Gasteiger partial charge in [0.05, 0.1) is 5.92 Å². The molecule has 2 fully saturated rings. The van der Waals surface area contributed by atoms with Crippen molar-refractivity contribution in [2.45, 2.75) is 25.8 Å². The first-order valence-corrected chi connectivity index (χ1v) is 7.90. The highest BCUT2D eigenvalue weighted by Crippen LogP contribution is 2.21. The van der Waals surface area contributed by atoms with Crippen LogP contribution in [-0.4, -0.2) is 74.5 Å². The average Bonchev–Trinajstić information content (AvgIpc) is 2.38. The fraction of sp³-hybridized carbons (Fsp3) is 0.867. The lowest BCUT2D eigenvalue weighted by atomic mass is 9.95. The van der Waals surface area contributed by atoms with Gasteiger partial charge in [0.25, 0.3) is 0 Å². The Kier molecular flexibility index (Phi) is 5.58. The molecule has 6 nitrogen and oxygen atoms in total. The van der Waals surface area contributed by atoms with Crippen molar-refractivity contribution in [2.24, 2.45) is 11.8 Å². The highest BCUT2D eigenvalue weighted by atomic mass is 16.2. The third-order valence-corrected chi connectivity index (χ3v) is 4.67. The minimum absolute atomic E-state index is 0.127. The number of nitrogens with one attached hydrogen (secondary N) is 2. The summed E-state index contributed by atoms with van der Waals surface area (Å²) in [5.41, 5.74) is 0. The Morgan fingerprint density at radius 2 is 1.90 bits per heavy atom. The first-order valence-electron chi connectivity index (χ1n) is 7.90. The van der Waals surface area contributed by atoms with Gasteiger partial charge in [0.15, 0.2) is 0 Å². The van der Waals surface area contributed by atoms with Crippen LogP contribution in [0.4, 0.5) is 0 Å². The minimum atomic E-state index is 0.127. The van der Waals surface area contributed by atoms with E-state index in [1.54, 1.807) is 7.05 Å². The summed E-state index contributed by atoms with van der Waals surface area (Å²) in [4.78, 5) is 27.8. The molecule has 2 aliphatic heterocycles. The summed E-state index contributed by atoms with van der Waals surface area (Å²) in [5.74, 6) is 1.03. The van der Waals surface area contributed by atoms with Gasteiger partial charge in [0, 0.05) is 58.2 Å². The molecule has 0 aromatic carbocycles. The minimum Gasteiger partial charge on any atom is -0.359 e. The Labute approximate surface area is 127 Å². The van der Waals surface area contributed by atoms with E-state index in [4.69, 9.17) is 0 Å². The fourth-order valence-electron chi connectivity index (χ4n) is 3.07. The van der Waals surface area contributed by atoms with Crippen LogP contribution in [0.5, 0.6) is 0 Å². The Morgan fingerprint density at radius 1 is 1.24 bits per heavy atom. The van der Waals surface area contributed by atoms with E-state index in [1.165, 1.54) is 0 Å². The number of hydrogen-bond donors (Lipinski definition) is 2. The summed E-state index contributed by atoms with van der Waals surface area (Å²) >= 11 is 0. The van der Waals surface area contributed by atoms with Crippen LogP contribution in [0.1, 0.15) is 19.8 Å². The summed E-state index contributed by atoms with van der Waals surface area (Å²) in [5, 5.41) is 5.71. The highest BCUT2D eigenvalue weighted by molar-refractivity contribution is 5.79. The zero-order valence-electron chi connectivity index (χ0n) is 13.4. The van der Waals surface area contributed by atoms with Gasteiger partial charge in [-0.25, -0.2) is 0 Å². The number of nitrogens with zero attached hydrogens (tertiary/aromatic N) is 2. The van der Waals surface area contributed by atoms with E-state index in [1.807, 2.05) is 0 Å². The van der Waals surface area contributed by atoms with Crippen LogP contribution >= 0.6 is 0 Å². The first kappa shape index (κ1) is 16.2. The van der Waals surface area contributed by atoms with Crippen LogP contribution in [0.25, 0.3) is 0 Å². The molecule has 2 saturated heterocycles. The zero-order chi connectivity index (χ0) is 15.4. The van der Waals surface area contributed by atoms with Crippen molar-refractivity contribution in [1.29, 1.82) is 0 Å². The Hall–Kier alpha value is -1.14. The van der Waals surface area contributed by atoms with Gasteiger partial charge in [0.2, 0.25) is 11.8 Å². The molecule has 0 radical (unpaired) electrons. The third-order valence-electron chi connectivity index (χ3n) is 4.67. The molecular weight excluding hydrogens is 268 g/mol. The smallest absolute Gasteiger partial charge is 0.225 e. The maximum atomic E-state index is 11.8. The lowest BCUT2D eigenvalue weighted by molar-refractivity contribution is -0.131. The summed E-state index contributed by atoms with van der Waals surface area (Å²) in [6.45, 7) is 6.75. The van der Waals surface area contributed by atoms with Gasteiger partial charge < -0.3 is 15.5 Å². The molecule has 6 heteroatoms. The van der Waals surface area contributed by atoms with Crippen molar-refractivity contribution in [3.8, 4) is 0 Å². The molecule has 21 heavy (non-hydrogen) atoms. The molecule has 2 aliphatic rings. The number of carbonyl (C=O) groups is 2. The predicted octanol–water partition coefficient (Wildman–Crippen LogP) is -0.489. The molecular formula is C15H28N4O2. The maximum Gasteiger partial charge on any atom is 0.225 e. The Morgan fingerprint density at radius 3 is 2.48 bits per heavy atom. The SMILES string of the molecule is CNC(=O)C1CN(C(C)CCC(=O)NCC2CN(C)C2)C1. The van der Waals surface area contributed by atoms with Crippen molar-refractivity contribution < 1.29 is 9.59 Å². The van der Waals surface area contributed by atoms with Crippen molar-refractivity contribution in [3.05, 3.63) is 0 Å². The molecule has 0 aromatic heterocycles. The van der Waals surface area contributed by atoms with Crippen molar-refractivity contribution >= 4 is 11.8 Å². The molecule has 1 unspecified atom stereocenters. The zero-order valence-corrected chi connectivity index (χ0v) is 13.4. The van der Waals surface area contributed by atoms with Gasteiger partial charge in [-0.2, -0.15) is 0 Å². The van der Waals surface area contributed by atoms with E-state index in [-0.39, 0.29) is 17.7 Å². The summed E-state index contributed by atoms with van der Waals surface area (Å²) in [6, 6.07) is 0.367. The van der Waals surface area contributed by atoms with E-state index in [2.05, 4.69) is 34.4 Å². The number of amides is 2. The predicted molar refractivity (Wildman–Crippen MR) is 81.8 cm³/mol. The molecule has 0 bridgehead atoms. The summed E-state index contributed by atoms with van der Waals surface area (Å²) < 4.78 is 0. The van der Waals surface area contributed by atoms with Gasteiger partial charge in [0.1, 0.15) is 0 Å². The van der Waals surface area contributed by atoms with Crippen LogP contribution in [0.15, 0.2) is 0 Å². The fourth-order valence-corrected chi connectivity index (χ4v) is 3.07. The molecule has 0 saturated carbocycles. The maximum absolute atomic E-state index is 11.8. The molecule has 2 heterocycles. The number of carbonyl (C=O) groups excluding carboxylic acids is 2. The van der Waals surface area contributed by atoms with Crippen LogP contribution < -0.4 is 10.6 Å². The highest BCUT2D eigenvalue weighted by Gasteiger charge is 2.34. The molecule has 120 valence electrons. The number of hydrogen-bond acceptors (Lipinski definition) is 4. The molecule has 1 atom stereocenters. The summed E-state index contributed by atoms with van der Waals surface area (Å²) in [6.07, 6.45) is 1.43. The Bertz CT molecular complexity index is 376. The van der Waals surface area contributed by atoms with Gasteiger partial charge in [-0.15, -0.1) is 0 Å². The van der Waals surface area contributed by atoms with E-state index in [9.17, 15) is 9.59 Å². The third kappa shape index (κ3) is 4.41. The lowest BCUT2D eigenvalue weighted by Gasteiger charge is -2.42. The van der Waals surface area contributed by atoms with E-state index >= 15 is 0 Å². The van der Waals surface area contributed by atoms with E-state index in [0.29, 0.717) is 18.4 Å². The monoisotopic (exact) mass is 296 g/mol. The van der Waals surface area contributed by atoms with Crippen molar-refractivity contribution in [3.63, 3.8) is 0 Å². The molecule has 0 spiro atoms. The second kappa shape index (κ2) is 7.22. The second-order valence-corrected chi connectivity index (χ2v) is 6.54. The van der Waals surface area contributed by atoms with Crippen LogP contribution in [0.2, 0.25) is 0 Å².